The molecule has 1 aromatic heterocycles. The van der Waals surface area contributed by atoms with Crippen molar-refractivity contribution in [2.75, 3.05) is 20.2 Å². The van der Waals surface area contributed by atoms with Gasteiger partial charge in [-0.15, -0.1) is 0 Å². The molecule has 7 heteroatoms. The maximum Gasteiger partial charge on any atom is 0.407 e. The number of nitriles is 1. The highest BCUT2D eigenvalue weighted by molar-refractivity contribution is 6.20. The average molecular weight is 441 g/mol. The normalized spacial score (nSPS) is 16.6. The molecule has 5 rings (SSSR count). The largest absolute Gasteiger partial charge is 0.496 e. The third kappa shape index (κ3) is 3.02. The van der Waals surface area contributed by atoms with Crippen LogP contribution in [-0.4, -0.2) is 47.1 Å². The van der Waals surface area contributed by atoms with Crippen molar-refractivity contribution in [2.24, 2.45) is 0 Å². The number of fused-ring (bicyclic) bond motifs is 4. The number of carbonyl (C=O) groups excluding carboxylic acids is 1. The van der Waals surface area contributed by atoms with Gasteiger partial charge in [-0.3, -0.25) is 4.79 Å². The molecule has 1 amide bonds. The second-order valence-electron chi connectivity index (χ2n) is 9.01. The molecule has 0 radical (unpaired) electrons. The van der Waals surface area contributed by atoms with Crippen molar-refractivity contribution >= 4 is 28.4 Å². The van der Waals surface area contributed by atoms with E-state index in [0.717, 1.165) is 33.3 Å². The second kappa shape index (κ2) is 7.24. The minimum Gasteiger partial charge on any atom is -0.496 e. The van der Waals surface area contributed by atoms with Gasteiger partial charge in [-0.05, 0) is 41.8 Å². The predicted molar refractivity (Wildman–Crippen MR) is 124 cm³/mol. The molecule has 2 N–H and O–H groups in total. The molecular weight excluding hydrogens is 418 g/mol. The van der Waals surface area contributed by atoms with E-state index in [9.17, 15) is 20.0 Å². The molecule has 2 aliphatic rings. The highest BCUT2D eigenvalue weighted by Gasteiger charge is 2.40. The Labute approximate surface area is 190 Å². The minimum absolute atomic E-state index is 0.0669. The summed E-state index contributed by atoms with van der Waals surface area (Å²) in [4.78, 5) is 29.8. The number of carbonyl (C=O) groups is 2. The number of aromatic amines is 1. The first kappa shape index (κ1) is 20.8. The lowest BCUT2D eigenvalue weighted by molar-refractivity contribution is 0.103. The van der Waals surface area contributed by atoms with E-state index in [1.165, 1.54) is 4.90 Å². The molecule has 0 saturated carbocycles. The van der Waals surface area contributed by atoms with E-state index < -0.39 is 11.5 Å². The van der Waals surface area contributed by atoms with E-state index in [0.29, 0.717) is 42.0 Å². The molecule has 0 unspecified atom stereocenters. The summed E-state index contributed by atoms with van der Waals surface area (Å²) in [6, 6.07) is 11.3. The van der Waals surface area contributed by atoms with E-state index in [1.54, 1.807) is 19.2 Å². The molecule has 166 valence electrons. The number of benzene rings is 2. The van der Waals surface area contributed by atoms with E-state index in [1.807, 2.05) is 24.3 Å². The van der Waals surface area contributed by atoms with Gasteiger partial charge in [-0.1, -0.05) is 26.0 Å². The Kier molecular flexibility index (Phi) is 4.57. The lowest BCUT2D eigenvalue weighted by Gasteiger charge is -2.33. The van der Waals surface area contributed by atoms with Gasteiger partial charge in [0.05, 0.1) is 24.3 Å². The molecule has 0 spiro atoms. The van der Waals surface area contributed by atoms with Gasteiger partial charge in [0, 0.05) is 46.2 Å². The molecule has 2 heterocycles. The van der Waals surface area contributed by atoms with E-state index >= 15 is 0 Å². The number of nitrogens with zero attached hydrogens (tertiary/aromatic N) is 2. The number of hydrogen-bond acceptors (Lipinski definition) is 4. The molecule has 3 aromatic rings. The molecule has 1 aliphatic carbocycles. The summed E-state index contributed by atoms with van der Waals surface area (Å²) in [7, 11) is 1.60. The third-order valence-corrected chi connectivity index (χ3v) is 6.86. The van der Waals surface area contributed by atoms with Gasteiger partial charge >= 0.3 is 6.09 Å². The Morgan fingerprint density at radius 1 is 1.24 bits per heavy atom. The molecular formula is C26H23N3O4. The summed E-state index contributed by atoms with van der Waals surface area (Å²) in [5, 5.41) is 19.3. The van der Waals surface area contributed by atoms with Crippen molar-refractivity contribution in [1.82, 2.24) is 9.88 Å². The van der Waals surface area contributed by atoms with Crippen molar-refractivity contribution in [2.45, 2.75) is 25.7 Å². The van der Waals surface area contributed by atoms with Crippen LogP contribution in [0.5, 0.6) is 5.75 Å². The number of aromatic nitrogens is 1. The zero-order valence-electron chi connectivity index (χ0n) is 18.7. The van der Waals surface area contributed by atoms with Crippen LogP contribution in [0.4, 0.5) is 4.79 Å². The van der Waals surface area contributed by atoms with Crippen LogP contribution in [0.15, 0.2) is 36.4 Å². The Bertz CT molecular complexity index is 1420. The molecule has 0 bridgehead atoms. The number of ether oxygens (including phenoxy) is 1. The van der Waals surface area contributed by atoms with E-state index in [2.05, 4.69) is 24.9 Å². The first-order valence-electron chi connectivity index (χ1n) is 10.8. The van der Waals surface area contributed by atoms with Crippen LogP contribution in [-0.2, 0) is 5.41 Å². The van der Waals surface area contributed by atoms with Gasteiger partial charge in [0.25, 0.3) is 0 Å². The maximum absolute atomic E-state index is 13.8. The topological polar surface area (TPSA) is 106 Å². The summed E-state index contributed by atoms with van der Waals surface area (Å²) < 4.78 is 5.72. The lowest BCUT2D eigenvalue weighted by Crippen LogP contribution is -2.33. The number of ketones is 1. The quantitative estimate of drug-likeness (QED) is 0.600. The van der Waals surface area contributed by atoms with Crippen LogP contribution in [0.3, 0.4) is 0 Å². The number of H-pyrrole nitrogens is 1. The second-order valence-corrected chi connectivity index (χ2v) is 9.01. The fraction of sp³-hybridized carbons (Fsp3) is 0.269. The summed E-state index contributed by atoms with van der Waals surface area (Å²) in [6.45, 7) is 4.84. The van der Waals surface area contributed by atoms with Gasteiger partial charge in [-0.25, -0.2) is 4.79 Å². The fourth-order valence-corrected chi connectivity index (χ4v) is 5.03. The summed E-state index contributed by atoms with van der Waals surface area (Å²) in [6.07, 6.45) is 1.50. The summed E-state index contributed by atoms with van der Waals surface area (Å²) in [5.74, 6) is 0.596. The molecule has 1 aliphatic heterocycles. The standard InChI is InChI=1S/C26H23N3O4/c1-26(2)19-12-21(33-3)17(15-6-8-29(9-7-15)25(31)32)11-18(19)23(30)22-16-5-4-14(13-27)10-20(16)28-24(22)26/h4-6,10-12,28H,7-9H2,1-3H3,(H,31,32). The van der Waals surface area contributed by atoms with Gasteiger partial charge < -0.3 is 19.7 Å². The van der Waals surface area contributed by atoms with Crippen molar-refractivity contribution in [1.29, 1.82) is 5.26 Å². The third-order valence-electron chi connectivity index (χ3n) is 6.86. The van der Waals surface area contributed by atoms with Crippen LogP contribution in [0.2, 0.25) is 0 Å². The number of hydrogen-bond donors (Lipinski definition) is 2. The first-order valence-corrected chi connectivity index (χ1v) is 10.8. The van der Waals surface area contributed by atoms with E-state index in [-0.39, 0.29) is 5.78 Å². The van der Waals surface area contributed by atoms with Crippen molar-refractivity contribution in [3.8, 4) is 11.8 Å². The fourth-order valence-electron chi connectivity index (χ4n) is 5.03. The number of methoxy groups -OCH3 is 1. The molecule has 0 atom stereocenters. The Morgan fingerprint density at radius 2 is 2.03 bits per heavy atom. The Hall–Kier alpha value is -4.05. The van der Waals surface area contributed by atoms with Crippen molar-refractivity contribution in [3.05, 3.63) is 69.9 Å². The molecule has 0 saturated heterocycles. The van der Waals surface area contributed by atoms with E-state index in [4.69, 9.17) is 4.74 Å². The number of rotatable bonds is 2. The monoisotopic (exact) mass is 441 g/mol. The summed E-state index contributed by atoms with van der Waals surface area (Å²) >= 11 is 0. The van der Waals surface area contributed by atoms with Gasteiger partial charge in [0.2, 0.25) is 0 Å². The molecule has 7 nitrogen and oxygen atoms in total. The predicted octanol–water partition coefficient (Wildman–Crippen LogP) is 4.69. The maximum atomic E-state index is 13.8. The molecule has 0 fully saturated rings. The van der Waals surface area contributed by atoms with Crippen molar-refractivity contribution in [3.63, 3.8) is 0 Å². The van der Waals surface area contributed by atoms with Gasteiger partial charge in [0.15, 0.2) is 5.78 Å². The van der Waals surface area contributed by atoms with Crippen LogP contribution in [0.25, 0.3) is 16.5 Å². The average Bonchev–Trinajstić information content (AvgIpc) is 3.22. The Balaban J connectivity index is 1.69. The van der Waals surface area contributed by atoms with Crippen LogP contribution in [0, 0.1) is 11.3 Å². The SMILES string of the molecule is COc1cc2c(cc1C1=CCN(C(=O)O)CC1)C(=O)c1c([nH]c3cc(C#N)ccc13)C2(C)C. The first-order chi connectivity index (χ1) is 15.8. The van der Waals surface area contributed by atoms with Crippen LogP contribution in [0.1, 0.15) is 58.6 Å². The number of carboxylic acid groups (broad SMARTS) is 1. The summed E-state index contributed by atoms with van der Waals surface area (Å²) in [5.41, 5.74) is 5.56. The van der Waals surface area contributed by atoms with Crippen LogP contribution >= 0.6 is 0 Å². The van der Waals surface area contributed by atoms with Gasteiger partial charge in [0.1, 0.15) is 5.75 Å². The zero-order chi connectivity index (χ0) is 23.5. The lowest BCUT2D eigenvalue weighted by atomic mass is 9.70. The van der Waals surface area contributed by atoms with Crippen molar-refractivity contribution < 1.29 is 19.4 Å². The highest BCUT2D eigenvalue weighted by atomic mass is 16.5. The number of amides is 1. The number of nitrogens with one attached hydrogen (secondary N) is 1. The van der Waals surface area contributed by atoms with Crippen LogP contribution < -0.4 is 4.74 Å². The molecule has 2 aromatic carbocycles. The smallest absolute Gasteiger partial charge is 0.407 e. The Morgan fingerprint density at radius 3 is 2.67 bits per heavy atom. The zero-order valence-corrected chi connectivity index (χ0v) is 18.7. The minimum atomic E-state index is -0.939. The molecule has 33 heavy (non-hydrogen) atoms. The highest BCUT2D eigenvalue weighted by Crippen LogP contribution is 2.46. The van der Waals surface area contributed by atoms with Gasteiger partial charge in [-0.2, -0.15) is 5.26 Å².